The Balaban J connectivity index is 1.18. The Morgan fingerprint density at radius 1 is 0.828 bits per heavy atom. The second-order valence-electron chi connectivity index (χ2n) is 14.4. The van der Waals surface area contributed by atoms with Gasteiger partial charge in [-0.05, 0) is 53.8 Å². The number of carbonyl (C=O) groups is 3. The summed E-state index contributed by atoms with van der Waals surface area (Å²) in [5, 5.41) is 2.56. The summed E-state index contributed by atoms with van der Waals surface area (Å²) in [5.74, 6) is 2.13. The van der Waals surface area contributed by atoms with Gasteiger partial charge in [0.05, 0.1) is 32.8 Å². The van der Waals surface area contributed by atoms with Gasteiger partial charge in [0.2, 0.25) is 11.0 Å². The van der Waals surface area contributed by atoms with Crippen LogP contribution in [0.4, 0.5) is 4.79 Å². The van der Waals surface area contributed by atoms with E-state index in [0.29, 0.717) is 17.7 Å². The number of thioether (sulfide) groups is 1. The highest BCUT2D eigenvalue weighted by Gasteiger charge is 2.47. The molecule has 0 radical (unpaired) electrons. The Hall–Kier alpha value is -3.94. The molecular formula is C44H50N3O8PS2. The molecule has 0 saturated carbocycles. The molecule has 3 amide bonds. The zero-order chi connectivity index (χ0) is 40.5. The fraction of sp³-hybridized carbons (Fsp3) is 0.386. The highest BCUT2D eigenvalue weighted by Crippen LogP contribution is 2.58. The summed E-state index contributed by atoms with van der Waals surface area (Å²) in [6, 6.07) is 34.7. The van der Waals surface area contributed by atoms with Crippen LogP contribution in [0, 0.1) is 5.92 Å². The largest absolute Gasteiger partial charge is 0.497 e. The first-order valence-corrected chi connectivity index (χ1v) is 23.4. The second kappa shape index (κ2) is 19.9. The molecule has 4 aromatic carbocycles. The maximum Gasteiger partial charge on any atom is 0.326 e. The molecule has 0 bridgehead atoms. The van der Waals surface area contributed by atoms with E-state index < -0.39 is 37.6 Å². The SMILES string of the molecule is COc1ccc(C(OC[C@H]2O[C@@H](N3CC(C)C(=O)NC3=O)C[C@@H]2OP(SCCSC(=O)c2ccccc2)N2CCCC2)(c2ccccc2)c2ccc(OC)cc2)cc1. The van der Waals surface area contributed by atoms with Gasteiger partial charge in [0.1, 0.15) is 29.4 Å². The predicted octanol–water partition coefficient (Wildman–Crippen LogP) is 8.33. The van der Waals surface area contributed by atoms with Crippen LogP contribution in [0.25, 0.3) is 0 Å². The fourth-order valence-corrected chi connectivity index (χ4v) is 12.8. The third-order valence-electron chi connectivity index (χ3n) is 10.6. The highest BCUT2D eigenvalue weighted by atomic mass is 32.7. The lowest BCUT2D eigenvalue weighted by atomic mass is 9.80. The van der Waals surface area contributed by atoms with Crippen LogP contribution < -0.4 is 14.8 Å². The number of imide groups is 1. The lowest BCUT2D eigenvalue weighted by molar-refractivity contribution is -0.130. The summed E-state index contributed by atoms with van der Waals surface area (Å²) in [6.45, 7) is 4.01. The van der Waals surface area contributed by atoms with E-state index in [0.717, 1.165) is 59.9 Å². The molecule has 0 aliphatic carbocycles. The van der Waals surface area contributed by atoms with Gasteiger partial charge < -0.3 is 23.5 Å². The van der Waals surface area contributed by atoms with Crippen LogP contribution in [0.15, 0.2) is 109 Å². The number of benzene rings is 4. The molecule has 3 fully saturated rings. The number of hydrogen-bond donors (Lipinski definition) is 1. The molecule has 0 spiro atoms. The van der Waals surface area contributed by atoms with Crippen molar-refractivity contribution in [3.05, 3.63) is 131 Å². The van der Waals surface area contributed by atoms with Crippen molar-refractivity contribution in [3.8, 4) is 11.5 Å². The quantitative estimate of drug-likeness (QED) is 0.0629. The molecular weight excluding hydrogens is 794 g/mol. The minimum Gasteiger partial charge on any atom is -0.497 e. The molecule has 14 heteroatoms. The lowest BCUT2D eigenvalue weighted by Crippen LogP contribution is -2.57. The number of rotatable bonds is 17. The molecule has 58 heavy (non-hydrogen) atoms. The molecule has 5 atom stereocenters. The second-order valence-corrected chi connectivity index (χ2v) is 19.1. The van der Waals surface area contributed by atoms with E-state index in [-0.39, 0.29) is 30.1 Å². The highest BCUT2D eigenvalue weighted by molar-refractivity contribution is 8.53. The van der Waals surface area contributed by atoms with Gasteiger partial charge >= 0.3 is 6.03 Å². The number of methoxy groups -OCH3 is 2. The first kappa shape index (κ1) is 42.2. The molecule has 3 aliphatic heterocycles. The van der Waals surface area contributed by atoms with Gasteiger partial charge in [-0.3, -0.25) is 24.5 Å². The molecule has 3 aliphatic rings. The van der Waals surface area contributed by atoms with Crippen LogP contribution in [0.5, 0.6) is 11.5 Å². The number of nitrogens with one attached hydrogen (secondary N) is 1. The van der Waals surface area contributed by atoms with Crippen molar-refractivity contribution in [2.24, 2.45) is 5.92 Å². The summed E-state index contributed by atoms with van der Waals surface area (Å²) in [4.78, 5) is 40.2. The van der Waals surface area contributed by atoms with Crippen molar-refractivity contribution < 1.29 is 37.9 Å². The van der Waals surface area contributed by atoms with Crippen molar-refractivity contribution in [2.45, 2.75) is 50.2 Å². The summed E-state index contributed by atoms with van der Waals surface area (Å²) < 4.78 is 34.8. The maximum atomic E-state index is 13.3. The monoisotopic (exact) mass is 843 g/mol. The van der Waals surface area contributed by atoms with Gasteiger partial charge in [0.15, 0.2) is 7.50 Å². The smallest absolute Gasteiger partial charge is 0.326 e. The number of ether oxygens (including phenoxy) is 4. The molecule has 3 saturated heterocycles. The lowest BCUT2D eigenvalue weighted by Gasteiger charge is -2.38. The molecule has 4 aromatic rings. The fourth-order valence-electron chi connectivity index (χ4n) is 7.51. The Kier molecular flexibility index (Phi) is 14.5. The molecule has 1 N–H and O–H groups in total. The third kappa shape index (κ3) is 9.74. The zero-order valence-corrected chi connectivity index (χ0v) is 35.5. The Morgan fingerprint density at radius 2 is 1.41 bits per heavy atom. The predicted molar refractivity (Wildman–Crippen MR) is 229 cm³/mol. The van der Waals surface area contributed by atoms with Crippen LogP contribution in [0.2, 0.25) is 0 Å². The van der Waals surface area contributed by atoms with Crippen molar-refractivity contribution in [2.75, 3.05) is 52.0 Å². The number of amides is 3. The van der Waals surface area contributed by atoms with Crippen LogP contribution in [-0.2, 0) is 24.4 Å². The Labute approximate surface area is 350 Å². The number of urea groups is 1. The van der Waals surface area contributed by atoms with E-state index in [2.05, 4.69) is 22.1 Å². The minimum absolute atomic E-state index is 0.0556. The van der Waals surface area contributed by atoms with Gasteiger partial charge in [-0.2, -0.15) is 0 Å². The molecule has 11 nitrogen and oxygen atoms in total. The standard InChI is InChI=1S/C44H50N3O8PS2/c1-31-29-47(43(50)45-41(31)48)40-28-38(55-56(46-24-10-11-25-46)58-27-26-57-42(49)32-12-6-4-7-13-32)39(54-40)30-53-44(33-14-8-5-9-15-33,34-16-20-36(51-2)21-17-34)35-18-22-37(52-3)23-19-35/h4-9,12-23,31,38-40H,10-11,24-30H2,1-3H3,(H,45,48,50)/t31?,38-,39+,40+,56?/m0/s1. The van der Waals surface area contributed by atoms with Crippen molar-refractivity contribution in [3.63, 3.8) is 0 Å². The topological polar surface area (TPSA) is 116 Å². The summed E-state index contributed by atoms with van der Waals surface area (Å²) in [6.07, 6.45) is 0.922. The third-order valence-corrected chi connectivity index (χ3v) is 15.9. The normalized spacial score (nSPS) is 21.8. The van der Waals surface area contributed by atoms with E-state index >= 15 is 0 Å². The number of carbonyl (C=O) groups excluding carboxylic acids is 3. The molecule has 2 unspecified atom stereocenters. The average Bonchev–Trinajstić information content (AvgIpc) is 3.95. The van der Waals surface area contributed by atoms with Gasteiger partial charge in [0.25, 0.3) is 0 Å². The van der Waals surface area contributed by atoms with Gasteiger partial charge in [-0.15, -0.1) is 0 Å². The van der Waals surface area contributed by atoms with Crippen molar-refractivity contribution in [1.29, 1.82) is 0 Å². The maximum absolute atomic E-state index is 13.3. The van der Waals surface area contributed by atoms with E-state index in [1.807, 2.05) is 97.1 Å². The van der Waals surface area contributed by atoms with Gasteiger partial charge in [-0.1, -0.05) is 115 Å². The number of nitrogens with zero attached hydrogens (tertiary/aromatic N) is 2. The van der Waals surface area contributed by atoms with E-state index in [1.54, 1.807) is 37.4 Å². The van der Waals surface area contributed by atoms with E-state index in [4.69, 9.17) is 23.5 Å². The number of hydrogen-bond acceptors (Lipinski definition) is 11. The van der Waals surface area contributed by atoms with E-state index in [1.165, 1.54) is 11.8 Å². The van der Waals surface area contributed by atoms with Gasteiger partial charge in [-0.25, -0.2) is 4.79 Å². The first-order valence-electron chi connectivity index (χ1n) is 19.6. The molecule has 7 rings (SSSR count). The molecule has 3 heterocycles. The van der Waals surface area contributed by atoms with Crippen molar-refractivity contribution in [1.82, 2.24) is 14.9 Å². The van der Waals surface area contributed by atoms with Crippen LogP contribution in [-0.4, -0.2) is 97.0 Å². The van der Waals surface area contributed by atoms with Crippen LogP contribution in [0.3, 0.4) is 0 Å². The van der Waals surface area contributed by atoms with Crippen molar-refractivity contribution >= 4 is 47.7 Å². The average molecular weight is 844 g/mol. The van der Waals surface area contributed by atoms with Crippen LogP contribution in [0.1, 0.15) is 53.2 Å². The molecule has 306 valence electrons. The van der Waals surface area contributed by atoms with Gasteiger partial charge in [0, 0.05) is 43.1 Å². The summed E-state index contributed by atoms with van der Waals surface area (Å²) in [5.41, 5.74) is 2.29. The minimum atomic E-state index is -1.14. The van der Waals surface area contributed by atoms with Crippen LogP contribution >= 0.6 is 30.6 Å². The zero-order valence-electron chi connectivity index (χ0n) is 33.0. The van der Waals surface area contributed by atoms with E-state index in [9.17, 15) is 14.4 Å². The summed E-state index contributed by atoms with van der Waals surface area (Å²) in [7, 11) is 2.15. The summed E-state index contributed by atoms with van der Waals surface area (Å²) >= 11 is 3.07. The Morgan fingerprint density at radius 3 is 2.02 bits per heavy atom. The Bertz CT molecular complexity index is 1930. The molecule has 0 aromatic heterocycles. The first-order chi connectivity index (χ1) is 28.3.